The minimum atomic E-state index is -3.58. The average Bonchev–Trinajstić information content (AvgIpc) is 2.76. The lowest BCUT2D eigenvalue weighted by Crippen LogP contribution is -2.28. The van der Waals surface area contributed by atoms with Crippen molar-refractivity contribution in [2.45, 2.75) is 0 Å². The monoisotopic (exact) mass is 316 g/mol. The predicted molar refractivity (Wildman–Crippen MR) is 74.9 cm³/mol. The van der Waals surface area contributed by atoms with Gasteiger partial charge in [0, 0.05) is 5.56 Å². The molecule has 2 rings (SSSR count). The Bertz CT molecular complexity index is 725. The molecule has 1 amide bonds. The summed E-state index contributed by atoms with van der Waals surface area (Å²) in [6.45, 7) is 0. The molecule has 1 aromatic heterocycles. The van der Waals surface area contributed by atoms with Gasteiger partial charge in [0.2, 0.25) is 10.0 Å². The van der Waals surface area contributed by atoms with Crippen LogP contribution in [-0.4, -0.2) is 25.6 Å². The number of sulfonamides is 1. The summed E-state index contributed by atoms with van der Waals surface area (Å²) in [6.07, 6.45) is 2.24. The van der Waals surface area contributed by atoms with Gasteiger partial charge < -0.3 is 0 Å². The number of rotatable bonds is 3. The molecule has 0 aliphatic heterocycles. The highest BCUT2D eigenvalue weighted by Crippen LogP contribution is 2.30. The molecule has 19 heavy (non-hydrogen) atoms. The summed E-state index contributed by atoms with van der Waals surface area (Å²) in [6, 6.07) is 7.09. The third-order valence-corrected chi connectivity index (χ3v) is 4.03. The Hall–Kier alpha value is -1.44. The molecule has 1 aromatic carbocycles. The van der Waals surface area contributed by atoms with Gasteiger partial charge in [0.1, 0.15) is 9.88 Å². The highest BCUT2D eigenvalue weighted by molar-refractivity contribution is 7.89. The second kappa shape index (κ2) is 5.28. The molecule has 0 aliphatic carbocycles. The van der Waals surface area contributed by atoms with Crippen molar-refractivity contribution in [3.8, 4) is 10.6 Å². The van der Waals surface area contributed by atoms with E-state index in [-0.39, 0.29) is 4.88 Å². The Labute approximate surface area is 119 Å². The van der Waals surface area contributed by atoms with Gasteiger partial charge in [-0.05, 0) is 6.07 Å². The number of nitrogens with zero attached hydrogens (tertiary/aromatic N) is 1. The summed E-state index contributed by atoms with van der Waals surface area (Å²) in [5, 5.41) is 1.08. The molecule has 2 aromatic rings. The van der Waals surface area contributed by atoms with Crippen LogP contribution in [0.5, 0.6) is 0 Å². The molecule has 0 spiro atoms. The molecular weight excluding hydrogens is 308 g/mol. The fourth-order valence-corrected chi connectivity index (χ4v) is 3.00. The Morgan fingerprint density at radius 3 is 2.68 bits per heavy atom. The van der Waals surface area contributed by atoms with E-state index in [1.54, 1.807) is 24.3 Å². The lowest BCUT2D eigenvalue weighted by molar-refractivity contribution is 0.0985. The Morgan fingerprint density at radius 1 is 1.37 bits per heavy atom. The van der Waals surface area contributed by atoms with Crippen LogP contribution in [0.3, 0.4) is 0 Å². The van der Waals surface area contributed by atoms with Crippen LogP contribution in [0.1, 0.15) is 9.67 Å². The molecule has 0 atom stereocenters. The number of thiazole rings is 1. The predicted octanol–water partition coefficient (Wildman–Crippen LogP) is 2.15. The molecule has 0 saturated heterocycles. The maximum absolute atomic E-state index is 11.6. The number of benzene rings is 1. The van der Waals surface area contributed by atoms with Gasteiger partial charge in [-0.15, -0.1) is 11.3 Å². The van der Waals surface area contributed by atoms with Crippen molar-refractivity contribution in [3.63, 3.8) is 0 Å². The summed E-state index contributed by atoms with van der Waals surface area (Å²) in [4.78, 5) is 15.9. The third kappa shape index (κ3) is 3.52. The van der Waals surface area contributed by atoms with Crippen LogP contribution in [0.4, 0.5) is 0 Å². The van der Waals surface area contributed by atoms with Crippen molar-refractivity contribution in [3.05, 3.63) is 40.4 Å². The summed E-state index contributed by atoms with van der Waals surface area (Å²) in [7, 11) is -3.58. The molecule has 1 N–H and O–H groups in total. The van der Waals surface area contributed by atoms with E-state index in [9.17, 15) is 13.2 Å². The van der Waals surface area contributed by atoms with Crippen LogP contribution in [0.15, 0.2) is 30.5 Å². The fourth-order valence-electron chi connectivity index (χ4n) is 1.36. The number of halogens is 1. The largest absolute Gasteiger partial charge is 0.276 e. The smallest absolute Gasteiger partial charge is 0.267 e. The summed E-state index contributed by atoms with van der Waals surface area (Å²) >= 11 is 7.10. The number of nitrogens with one attached hydrogen (secondary N) is 1. The van der Waals surface area contributed by atoms with Gasteiger partial charge in [-0.25, -0.2) is 18.1 Å². The van der Waals surface area contributed by atoms with Crippen LogP contribution >= 0.6 is 22.9 Å². The van der Waals surface area contributed by atoms with Crippen molar-refractivity contribution in [1.29, 1.82) is 0 Å². The molecule has 0 aliphatic rings. The average molecular weight is 317 g/mol. The van der Waals surface area contributed by atoms with E-state index in [0.717, 1.165) is 17.6 Å². The molecule has 8 heteroatoms. The summed E-state index contributed by atoms with van der Waals surface area (Å²) < 4.78 is 23.8. The summed E-state index contributed by atoms with van der Waals surface area (Å²) in [5.74, 6) is -0.696. The van der Waals surface area contributed by atoms with Gasteiger partial charge in [0.15, 0.2) is 0 Å². The molecular formula is C11H9ClN2O3S2. The maximum Gasteiger partial charge on any atom is 0.276 e. The molecule has 0 fully saturated rings. The van der Waals surface area contributed by atoms with E-state index in [1.807, 2.05) is 4.72 Å². The Balaban J connectivity index is 2.30. The van der Waals surface area contributed by atoms with Crippen molar-refractivity contribution < 1.29 is 13.2 Å². The first-order chi connectivity index (χ1) is 8.87. The number of hydrogen-bond acceptors (Lipinski definition) is 5. The van der Waals surface area contributed by atoms with Crippen molar-refractivity contribution in [2.75, 3.05) is 6.26 Å². The minimum Gasteiger partial charge on any atom is -0.267 e. The van der Waals surface area contributed by atoms with Crippen LogP contribution in [0.25, 0.3) is 10.6 Å². The molecule has 0 saturated carbocycles. The fraction of sp³-hybridized carbons (Fsp3) is 0.0909. The molecule has 1 heterocycles. The van der Waals surface area contributed by atoms with Crippen LogP contribution in [0, 0.1) is 0 Å². The van der Waals surface area contributed by atoms with Crippen LogP contribution < -0.4 is 4.72 Å². The number of carbonyl (C=O) groups is 1. The Kier molecular flexibility index (Phi) is 3.88. The second-order valence-electron chi connectivity index (χ2n) is 3.71. The maximum atomic E-state index is 11.6. The molecule has 100 valence electrons. The van der Waals surface area contributed by atoms with Gasteiger partial charge in [-0.3, -0.25) is 4.79 Å². The highest BCUT2D eigenvalue weighted by atomic mass is 35.5. The normalized spacial score (nSPS) is 11.3. The molecule has 0 bridgehead atoms. The zero-order valence-electron chi connectivity index (χ0n) is 9.75. The lowest BCUT2D eigenvalue weighted by Gasteiger charge is -1.99. The molecule has 5 nitrogen and oxygen atoms in total. The number of carbonyl (C=O) groups excluding carboxylic acids is 1. The van der Waals surface area contributed by atoms with Gasteiger partial charge in [0.25, 0.3) is 5.91 Å². The Morgan fingerprint density at radius 2 is 2.05 bits per heavy atom. The van der Waals surface area contributed by atoms with E-state index >= 15 is 0 Å². The van der Waals surface area contributed by atoms with Gasteiger partial charge >= 0.3 is 0 Å². The first-order valence-corrected chi connectivity index (χ1v) is 8.18. The standard InChI is InChI=1S/C11H9ClN2O3S2/c1-19(16,17)14-10(15)9-6-13-11(18-9)7-4-2-3-5-8(7)12/h2-6H,1H3,(H,14,15). The van der Waals surface area contributed by atoms with E-state index in [0.29, 0.717) is 15.6 Å². The van der Waals surface area contributed by atoms with E-state index in [4.69, 9.17) is 11.6 Å². The summed E-state index contributed by atoms with van der Waals surface area (Å²) in [5.41, 5.74) is 0.701. The van der Waals surface area contributed by atoms with E-state index in [2.05, 4.69) is 4.98 Å². The second-order valence-corrected chi connectivity index (χ2v) is 6.90. The van der Waals surface area contributed by atoms with Crippen LogP contribution in [0.2, 0.25) is 5.02 Å². The molecule has 0 unspecified atom stereocenters. The van der Waals surface area contributed by atoms with E-state index in [1.165, 1.54) is 6.20 Å². The first kappa shape index (κ1) is 14.0. The molecule has 0 radical (unpaired) electrons. The van der Waals surface area contributed by atoms with E-state index < -0.39 is 15.9 Å². The van der Waals surface area contributed by atoms with Gasteiger partial charge in [-0.2, -0.15) is 0 Å². The topological polar surface area (TPSA) is 76.1 Å². The van der Waals surface area contributed by atoms with Crippen LogP contribution in [-0.2, 0) is 10.0 Å². The van der Waals surface area contributed by atoms with Crippen molar-refractivity contribution in [1.82, 2.24) is 9.71 Å². The first-order valence-electron chi connectivity index (χ1n) is 5.09. The lowest BCUT2D eigenvalue weighted by atomic mass is 10.2. The van der Waals surface area contributed by atoms with Gasteiger partial charge in [0.05, 0.1) is 17.5 Å². The minimum absolute atomic E-state index is 0.209. The quantitative estimate of drug-likeness (QED) is 0.941. The third-order valence-electron chi connectivity index (χ3n) is 2.11. The highest BCUT2D eigenvalue weighted by Gasteiger charge is 2.16. The SMILES string of the molecule is CS(=O)(=O)NC(=O)c1cnc(-c2ccccc2Cl)s1. The van der Waals surface area contributed by atoms with Crippen molar-refractivity contribution >= 4 is 38.9 Å². The van der Waals surface area contributed by atoms with Gasteiger partial charge in [-0.1, -0.05) is 29.8 Å². The number of aromatic nitrogens is 1. The zero-order chi connectivity index (χ0) is 14.0. The van der Waals surface area contributed by atoms with Crippen molar-refractivity contribution in [2.24, 2.45) is 0 Å². The zero-order valence-corrected chi connectivity index (χ0v) is 12.1. The number of hydrogen-bond donors (Lipinski definition) is 1. The number of amides is 1.